The molecule has 2 amide bonds. The van der Waals surface area contributed by atoms with Gasteiger partial charge >= 0.3 is 0 Å². The summed E-state index contributed by atoms with van der Waals surface area (Å²) in [7, 11) is -4.03. The third kappa shape index (κ3) is 5.64. The number of aryl methyl sites for hydroxylation is 2. The molecule has 7 nitrogen and oxygen atoms in total. The Balaban J connectivity index is 1.61. The average molecular weight is 498 g/mol. The lowest BCUT2D eigenvalue weighted by atomic mass is 10.0. The highest BCUT2D eigenvalue weighted by molar-refractivity contribution is 7.89. The van der Waals surface area contributed by atoms with Crippen molar-refractivity contribution in [3.8, 4) is 0 Å². The first-order chi connectivity index (χ1) is 16.2. The number of nitrogens with one attached hydrogen (secondary N) is 3. The minimum Gasteiger partial charge on any atom is -0.326 e. The van der Waals surface area contributed by atoms with Crippen LogP contribution in [0.5, 0.6) is 0 Å². The minimum absolute atomic E-state index is 0.0344. The maximum absolute atomic E-state index is 13.3. The number of sulfonamides is 1. The average Bonchev–Trinajstić information content (AvgIpc) is 2.81. The Morgan fingerprint density at radius 3 is 2.59 bits per heavy atom. The summed E-state index contributed by atoms with van der Waals surface area (Å²) in [5.41, 5.74) is 3.46. The fourth-order valence-corrected chi connectivity index (χ4v) is 5.19. The summed E-state index contributed by atoms with van der Waals surface area (Å²) in [5, 5.41) is 6.00. The normalized spacial score (nSPS) is 14.1. The maximum atomic E-state index is 13.3. The first kappa shape index (κ1) is 23.9. The molecule has 0 saturated carbocycles. The number of anilines is 2. The number of benzene rings is 3. The lowest BCUT2D eigenvalue weighted by Crippen LogP contribution is -2.45. The zero-order valence-corrected chi connectivity index (χ0v) is 20.0. The largest absolute Gasteiger partial charge is 0.326 e. The first-order valence-corrected chi connectivity index (χ1v) is 12.6. The molecule has 3 aromatic carbocycles. The third-order valence-electron chi connectivity index (χ3n) is 5.64. The van der Waals surface area contributed by atoms with Crippen LogP contribution in [0, 0.1) is 6.92 Å². The summed E-state index contributed by atoms with van der Waals surface area (Å²) in [4.78, 5) is 24.9. The molecular weight excluding hydrogens is 474 g/mol. The van der Waals surface area contributed by atoms with Gasteiger partial charge in [-0.15, -0.1) is 0 Å². The van der Waals surface area contributed by atoms with E-state index in [1.165, 1.54) is 12.1 Å². The van der Waals surface area contributed by atoms with E-state index in [0.29, 0.717) is 29.2 Å². The molecule has 0 saturated heterocycles. The van der Waals surface area contributed by atoms with Crippen molar-refractivity contribution in [2.24, 2.45) is 0 Å². The molecule has 1 heterocycles. The Morgan fingerprint density at radius 2 is 1.82 bits per heavy atom. The van der Waals surface area contributed by atoms with Crippen LogP contribution < -0.4 is 15.4 Å². The van der Waals surface area contributed by atoms with E-state index in [4.69, 9.17) is 11.6 Å². The second-order valence-electron chi connectivity index (χ2n) is 8.18. The van der Waals surface area contributed by atoms with Gasteiger partial charge in [-0.2, -0.15) is 4.72 Å². The number of hydrogen-bond acceptors (Lipinski definition) is 4. The lowest BCUT2D eigenvalue weighted by Gasteiger charge is -2.21. The lowest BCUT2D eigenvalue weighted by molar-refractivity contribution is -0.118. The van der Waals surface area contributed by atoms with Crippen molar-refractivity contribution in [1.29, 1.82) is 0 Å². The van der Waals surface area contributed by atoms with Gasteiger partial charge in [-0.1, -0.05) is 48.0 Å². The van der Waals surface area contributed by atoms with Crippen molar-refractivity contribution in [3.63, 3.8) is 0 Å². The number of rotatable bonds is 7. The SMILES string of the molecule is Cc1ccc(Cl)cc1NC(=O)C(Cc1ccccc1)NS(=O)(=O)c1ccc2c(c1)CCC(=O)N2. The van der Waals surface area contributed by atoms with Gasteiger partial charge in [-0.05, 0) is 66.8 Å². The number of carbonyl (C=O) groups excluding carboxylic acids is 2. The Hall–Kier alpha value is -3.20. The Kier molecular flexibility index (Phi) is 7.02. The van der Waals surface area contributed by atoms with Gasteiger partial charge in [0, 0.05) is 22.8 Å². The van der Waals surface area contributed by atoms with Crippen LogP contribution in [0.4, 0.5) is 11.4 Å². The molecule has 1 unspecified atom stereocenters. The number of amides is 2. The second kappa shape index (κ2) is 9.97. The van der Waals surface area contributed by atoms with Gasteiger partial charge in [0.2, 0.25) is 21.8 Å². The molecular formula is C25H24ClN3O4S. The van der Waals surface area contributed by atoms with Crippen LogP contribution in [-0.2, 0) is 32.5 Å². The minimum atomic E-state index is -4.03. The standard InChI is InChI=1S/C25H24ClN3O4S/c1-16-7-9-19(26)15-22(16)28-25(31)23(13-17-5-3-2-4-6-17)29-34(32,33)20-10-11-21-18(14-20)8-12-24(30)27-21/h2-7,9-11,14-15,23,29H,8,12-13H2,1H3,(H,27,30)(H,28,31). The third-order valence-corrected chi connectivity index (χ3v) is 7.34. The van der Waals surface area contributed by atoms with Gasteiger partial charge in [0.25, 0.3) is 0 Å². The van der Waals surface area contributed by atoms with E-state index in [0.717, 1.165) is 16.7 Å². The zero-order valence-electron chi connectivity index (χ0n) is 18.5. The van der Waals surface area contributed by atoms with Crippen LogP contribution in [0.15, 0.2) is 71.6 Å². The number of fused-ring (bicyclic) bond motifs is 1. The summed E-state index contributed by atoms with van der Waals surface area (Å²) < 4.78 is 29.1. The molecule has 0 aromatic heterocycles. The van der Waals surface area contributed by atoms with Crippen LogP contribution in [0.3, 0.4) is 0 Å². The van der Waals surface area contributed by atoms with Crippen molar-refractivity contribution in [2.45, 2.75) is 37.1 Å². The summed E-state index contributed by atoms with van der Waals surface area (Å²) in [5.74, 6) is -0.597. The molecule has 1 atom stereocenters. The van der Waals surface area contributed by atoms with Gasteiger partial charge in [-0.3, -0.25) is 9.59 Å². The van der Waals surface area contributed by atoms with E-state index in [9.17, 15) is 18.0 Å². The van der Waals surface area contributed by atoms with E-state index in [2.05, 4.69) is 15.4 Å². The van der Waals surface area contributed by atoms with Crippen LogP contribution >= 0.6 is 11.6 Å². The number of halogens is 1. The van der Waals surface area contributed by atoms with Crippen molar-refractivity contribution in [1.82, 2.24) is 4.72 Å². The molecule has 0 fully saturated rings. The molecule has 1 aliphatic rings. The predicted molar refractivity (Wildman–Crippen MR) is 132 cm³/mol. The predicted octanol–water partition coefficient (Wildman–Crippen LogP) is 4.06. The molecule has 9 heteroatoms. The topological polar surface area (TPSA) is 104 Å². The summed E-state index contributed by atoms with van der Waals surface area (Å²) in [6.07, 6.45) is 0.904. The molecule has 4 rings (SSSR count). The van der Waals surface area contributed by atoms with Crippen molar-refractivity contribution in [3.05, 3.63) is 88.4 Å². The molecule has 0 radical (unpaired) electrons. The fraction of sp³-hybridized carbons (Fsp3) is 0.200. The molecule has 3 aromatic rings. The van der Waals surface area contributed by atoms with Crippen molar-refractivity contribution >= 4 is 44.8 Å². The molecule has 34 heavy (non-hydrogen) atoms. The highest BCUT2D eigenvalue weighted by Gasteiger charge is 2.28. The van der Waals surface area contributed by atoms with Gasteiger partial charge in [-0.25, -0.2) is 8.42 Å². The van der Waals surface area contributed by atoms with Gasteiger partial charge in [0.15, 0.2) is 0 Å². The Morgan fingerprint density at radius 1 is 1.06 bits per heavy atom. The van der Waals surface area contributed by atoms with E-state index < -0.39 is 22.0 Å². The smallest absolute Gasteiger partial charge is 0.242 e. The number of carbonyl (C=O) groups is 2. The summed E-state index contributed by atoms with van der Waals surface area (Å²) in [6.45, 7) is 1.83. The van der Waals surface area contributed by atoms with Gasteiger partial charge < -0.3 is 10.6 Å². The molecule has 3 N–H and O–H groups in total. The molecule has 0 bridgehead atoms. The van der Waals surface area contributed by atoms with Crippen molar-refractivity contribution in [2.75, 3.05) is 10.6 Å². The highest BCUT2D eigenvalue weighted by atomic mass is 35.5. The van der Waals surface area contributed by atoms with E-state index in [-0.39, 0.29) is 17.2 Å². The zero-order chi connectivity index (χ0) is 24.3. The molecule has 176 valence electrons. The fourth-order valence-electron chi connectivity index (χ4n) is 3.77. The van der Waals surface area contributed by atoms with E-state index in [1.54, 1.807) is 24.3 Å². The van der Waals surface area contributed by atoms with Crippen LogP contribution in [0.1, 0.15) is 23.1 Å². The Bertz CT molecular complexity index is 1340. The monoisotopic (exact) mass is 497 g/mol. The molecule has 0 aliphatic carbocycles. The number of hydrogen-bond donors (Lipinski definition) is 3. The van der Waals surface area contributed by atoms with E-state index >= 15 is 0 Å². The molecule has 1 aliphatic heterocycles. The quantitative estimate of drug-likeness (QED) is 0.457. The Labute approximate surface area is 203 Å². The maximum Gasteiger partial charge on any atom is 0.242 e. The van der Waals surface area contributed by atoms with Crippen LogP contribution in [-0.4, -0.2) is 26.3 Å². The van der Waals surface area contributed by atoms with Gasteiger partial charge in [0.1, 0.15) is 6.04 Å². The van der Waals surface area contributed by atoms with Crippen LogP contribution in [0.2, 0.25) is 5.02 Å². The van der Waals surface area contributed by atoms with Gasteiger partial charge in [0.05, 0.1) is 4.90 Å². The summed E-state index contributed by atoms with van der Waals surface area (Å²) >= 11 is 6.07. The van der Waals surface area contributed by atoms with Crippen LogP contribution in [0.25, 0.3) is 0 Å². The molecule has 0 spiro atoms. The van der Waals surface area contributed by atoms with E-state index in [1.807, 2.05) is 37.3 Å². The van der Waals surface area contributed by atoms with Crippen molar-refractivity contribution < 1.29 is 18.0 Å². The first-order valence-electron chi connectivity index (χ1n) is 10.8. The second-order valence-corrected chi connectivity index (χ2v) is 10.3. The summed E-state index contributed by atoms with van der Waals surface area (Å²) in [6, 6.07) is 17.8. The highest BCUT2D eigenvalue weighted by Crippen LogP contribution is 2.26.